The summed E-state index contributed by atoms with van der Waals surface area (Å²) in [7, 11) is 0. The molecule has 0 N–H and O–H groups in total. The molecule has 0 saturated heterocycles. The summed E-state index contributed by atoms with van der Waals surface area (Å²) in [4.78, 5) is 1.90. The van der Waals surface area contributed by atoms with Crippen LogP contribution in [-0.2, 0) is 5.54 Å². The van der Waals surface area contributed by atoms with Crippen LogP contribution in [0.25, 0.3) is 11.0 Å². The Morgan fingerprint density at radius 3 is 2.29 bits per heavy atom. The number of rotatable bonds is 5. The minimum absolute atomic E-state index is 0.0106. The molecule has 2 aromatic rings. The summed E-state index contributed by atoms with van der Waals surface area (Å²) in [5.74, 6) is 0. The van der Waals surface area contributed by atoms with E-state index in [0.717, 1.165) is 36.7 Å². The summed E-state index contributed by atoms with van der Waals surface area (Å²) in [6.45, 7) is 8.32. The fourth-order valence-corrected chi connectivity index (χ4v) is 2.03. The molecule has 2 rings (SSSR count). The van der Waals surface area contributed by atoms with Crippen LogP contribution < -0.4 is 0 Å². The molecular weight excluding hydrogens is 210 g/mol. The summed E-state index contributed by atoms with van der Waals surface area (Å²) < 4.78 is 0. The van der Waals surface area contributed by atoms with Crippen molar-refractivity contribution in [2.24, 2.45) is 0 Å². The zero-order chi connectivity index (χ0) is 12.3. The zero-order valence-corrected chi connectivity index (χ0v) is 10.7. The van der Waals surface area contributed by atoms with Crippen molar-refractivity contribution in [3.05, 3.63) is 31.2 Å². The normalized spacial score (nSPS) is 15.0. The summed E-state index contributed by atoms with van der Waals surface area (Å²) in [5.41, 5.74) is 1.96. The highest BCUT2D eigenvalue weighted by Gasteiger charge is 2.26. The first kappa shape index (κ1) is 12.1. The van der Waals surface area contributed by atoms with Crippen LogP contribution in [0, 0.1) is 6.92 Å². The Morgan fingerprint density at radius 2 is 1.82 bits per heavy atom. The van der Waals surface area contributed by atoms with Gasteiger partial charge in [0.2, 0.25) is 0 Å². The Morgan fingerprint density at radius 1 is 1.24 bits per heavy atom. The van der Waals surface area contributed by atoms with Crippen molar-refractivity contribution >= 4 is 11.0 Å². The molecule has 0 aliphatic rings. The predicted octanol–water partition coefficient (Wildman–Crippen LogP) is 3.56. The second kappa shape index (κ2) is 4.86. The maximum Gasteiger partial charge on any atom is 0.113 e. The Kier molecular flexibility index (Phi) is 3.46. The van der Waals surface area contributed by atoms with E-state index in [9.17, 15) is 0 Å². The molecule has 0 spiro atoms. The fourth-order valence-electron chi connectivity index (χ4n) is 2.03. The molecule has 91 valence electrons. The molecule has 0 fully saturated rings. The van der Waals surface area contributed by atoms with Gasteiger partial charge in [-0.3, -0.25) is 0 Å². The molecule has 3 nitrogen and oxygen atoms in total. The first-order valence-corrected chi connectivity index (χ1v) is 6.31. The van der Waals surface area contributed by atoms with E-state index in [1.807, 2.05) is 29.1 Å². The molecule has 3 heteroatoms. The van der Waals surface area contributed by atoms with Gasteiger partial charge in [0, 0.05) is 0 Å². The summed E-state index contributed by atoms with van der Waals surface area (Å²) >= 11 is 0. The van der Waals surface area contributed by atoms with Crippen molar-refractivity contribution in [1.82, 2.24) is 15.0 Å². The first-order chi connectivity index (χ1) is 8.19. The van der Waals surface area contributed by atoms with Gasteiger partial charge in [0.05, 0.1) is 5.54 Å². The van der Waals surface area contributed by atoms with Gasteiger partial charge in [0.15, 0.2) is 0 Å². The van der Waals surface area contributed by atoms with Gasteiger partial charge in [-0.25, -0.2) is 0 Å². The lowest BCUT2D eigenvalue weighted by atomic mass is 9.93. The van der Waals surface area contributed by atoms with E-state index in [1.165, 1.54) is 0 Å². The second-order valence-electron chi connectivity index (χ2n) is 4.79. The largest absolute Gasteiger partial charge is 0.178 e. The number of unbranched alkanes of at least 4 members (excludes halogenated alkanes) is 1. The summed E-state index contributed by atoms with van der Waals surface area (Å²) in [6.07, 6.45) is 4.20. The van der Waals surface area contributed by atoms with Gasteiger partial charge in [0.25, 0.3) is 0 Å². The van der Waals surface area contributed by atoms with Crippen LogP contribution in [0.4, 0.5) is 0 Å². The highest BCUT2D eigenvalue weighted by atomic mass is 15.5. The third-order valence-corrected chi connectivity index (χ3v) is 3.50. The van der Waals surface area contributed by atoms with Crippen LogP contribution in [0.1, 0.15) is 39.5 Å². The summed E-state index contributed by atoms with van der Waals surface area (Å²) in [5, 5.41) is 9.19. The van der Waals surface area contributed by atoms with Gasteiger partial charge in [-0.15, -0.1) is 0 Å². The SMILES string of the molecule is [CH2]CCCC(C)(CC)n1nc2ccccc2n1. The van der Waals surface area contributed by atoms with Crippen LogP contribution in [0.3, 0.4) is 0 Å². The van der Waals surface area contributed by atoms with Gasteiger partial charge < -0.3 is 0 Å². The topological polar surface area (TPSA) is 30.7 Å². The molecule has 0 amide bonds. The Balaban J connectivity index is 2.35. The predicted molar refractivity (Wildman–Crippen MR) is 70.7 cm³/mol. The van der Waals surface area contributed by atoms with E-state index >= 15 is 0 Å². The number of aromatic nitrogens is 3. The maximum atomic E-state index is 4.59. The van der Waals surface area contributed by atoms with Crippen molar-refractivity contribution in [3.63, 3.8) is 0 Å². The molecule has 1 aromatic heterocycles. The molecule has 0 bridgehead atoms. The molecule has 1 radical (unpaired) electrons. The van der Waals surface area contributed by atoms with Crippen LogP contribution in [-0.4, -0.2) is 15.0 Å². The van der Waals surface area contributed by atoms with Crippen molar-refractivity contribution < 1.29 is 0 Å². The highest BCUT2D eigenvalue weighted by molar-refractivity contribution is 5.73. The minimum atomic E-state index is 0.0106. The van der Waals surface area contributed by atoms with Crippen LogP contribution in [0.5, 0.6) is 0 Å². The first-order valence-electron chi connectivity index (χ1n) is 6.31. The standard InChI is InChI=1S/C14H20N3/c1-4-6-11-14(3,5-2)17-15-12-9-7-8-10-13(12)16-17/h7-10H,1,4-6,11H2,2-3H3. The third-order valence-electron chi connectivity index (χ3n) is 3.50. The van der Waals surface area contributed by atoms with Gasteiger partial charge in [-0.05, 0) is 31.9 Å². The van der Waals surface area contributed by atoms with E-state index < -0.39 is 0 Å². The number of fused-ring (bicyclic) bond motifs is 1. The molecular formula is C14H20N3. The zero-order valence-electron chi connectivity index (χ0n) is 10.7. The molecule has 1 atom stereocenters. The second-order valence-corrected chi connectivity index (χ2v) is 4.79. The van der Waals surface area contributed by atoms with Crippen LogP contribution in [0.15, 0.2) is 24.3 Å². The molecule has 0 aliphatic carbocycles. The molecule has 0 aliphatic heterocycles. The lowest BCUT2D eigenvalue weighted by Gasteiger charge is -2.27. The van der Waals surface area contributed by atoms with E-state index in [-0.39, 0.29) is 5.54 Å². The van der Waals surface area contributed by atoms with Crippen molar-refractivity contribution in [1.29, 1.82) is 0 Å². The van der Waals surface area contributed by atoms with Gasteiger partial charge in [0.1, 0.15) is 11.0 Å². The third kappa shape index (κ3) is 2.33. The van der Waals surface area contributed by atoms with Crippen molar-refractivity contribution in [2.75, 3.05) is 0 Å². The van der Waals surface area contributed by atoms with Crippen molar-refractivity contribution in [3.8, 4) is 0 Å². The Bertz CT molecular complexity index is 456. The van der Waals surface area contributed by atoms with E-state index in [1.54, 1.807) is 0 Å². The van der Waals surface area contributed by atoms with Gasteiger partial charge in [-0.2, -0.15) is 15.0 Å². The quantitative estimate of drug-likeness (QED) is 0.786. The van der Waals surface area contributed by atoms with E-state index in [4.69, 9.17) is 0 Å². The molecule has 1 heterocycles. The number of hydrogen-bond donors (Lipinski definition) is 0. The number of benzene rings is 1. The van der Waals surface area contributed by atoms with Crippen LogP contribution >= 0.6 is 0 Å². The number of nitrogens with zero attached hydrogens (tertiary/aromatic N) is 3. The lowest BCUT2D eigenvalue weighted by Crippen LogP contribution is -2.31. The highest BCUT2D eigenvalue weighted by Crippen LogP contribution is 2.26. The average Bonchev–Trinajstić information content (AvgIpc) is 2.80. The average molecular weight is 230 g/mol. The minimum Gasteiger partial charge on any atom is -0.178 e. The molecule has 1 aromatic carbocycles. The monoisotopic (exact) mass is 230 g/mol. The molecule has 17 heavy (non-hydrogen) atoms. The maximum absolute atomic E-state index is 4.59. The molecule has 0 saturated carbocycles. The van der Waals surface area contributed by atoms with Crippen LogP contribution in [0.2, 0.25) is 0 Å². The smallest absolute Gasteiger partial charge is 0.113 e. The van der Waals surface area contributed by atoms with Gasteiger partial charge >= 0.3 is 0 Å². The number of hydrogen-bond acceptors (Lipinski definition) is 2. The molecule has 1 unspecified atom stereocenters. The summed E-state index contributed by atoms with van der Waals surface area (Å²) in [6, 6.07) is 8.02. The van der Waals surface area contributed by atoms with Gasteiger partial charge in [-0.1, -0.05) is 38.8 Å². The lowest BCUT2D eigenvalue weighted by molar-refractivity contribution is 0.221. The van der Waals surface area contributed by atoms with Crippen molar-refractivity contribution in [2.45, 2.75) is 45.1 Å². The Labute approximate surface area is 103 Å². The van der Waals surface area contributed by atoms with E-state index in [0.29, 0.717) is 0 Å². The Hall–Kier alpha value is -1.38. The fraction of sp³-hybridized carbons (Fsp3) is 0.500. The van der Waals surface area contributed by atoms with E-state index in [2.05, 4.69) is 31.0 Å².